The van der Waals surface area contributed by atoms with E-state index in [-0.39, 0.29) is 17.7 Å². The van der Waals surface area contributed by atoms with Gasteiger partial charge in [0.25, 0.3) is 0 Å². The van der Waals surface area contributed by atoms with E-state index in [1.165, 1.54) is 0 Å². The average molecular weight is 291 g/mol. The van der Waals surface area contributed by atoms with Crippen molar-refractivity contribution in [3.63, 3.8) is 0 Å². The lowest BCUT2D eigenvalue weighted by Crippen LogP contribution is -2.25. The van der Waals surface area contributed by atoms with Gasteiger partial charge in [-0.25, -0.2) is 0 Å². The Morgan fingerprint density at radius 1 is 1.29 bits per heavy atom. The van der Waals surface area contributed by atoms with Gasteiger partial charge in [0.05, 0.1) is 5.41 Å². The molecule has 0 spiro atoms. The molecule has 1 aromatic rings. The molecule has 5 nitrogen and oxygen atoms in total. The van der Waals surface area contributed by atoms with Crippen LogP contribution in [-0.2, 0) is 20.7 Å². The zero-order chi connectivity index (χ0) is 15.3. The summed E-state index contributed by atoms with van der Waals surface area (Å²) in [4.78, 5) is 22.8. The third-order valence-corrected chi connectivity index (χ3v) is 3.96. The molecule has 0 unspecified atom stereocenters. The molecule has 0 bridgehead atoms. The Morgan fingerprint density at radius 3 is 2.48 bits per heavy atom. The van der Waals surface area contributed by atoms with Crippen molar-refractivity contribution < 1.29 is 19.4 Å². The van der Waals surface area contributed by atoms with Crippen molar-refractivity contribution in [2.45, 2.75) is 32.1 Å². The van der Waals surface area contributed by atoms with Crippen LogP contribution in [0.25, 0.3) is 0 Å². The first-order valence-electron chi connectivity index (χ1n) is 7.17. The highest BCUT2D eigenvalue weighted by Gasteiger charge is 2.49. The van der Waals surface area contributed by atoms with Crippen LogP contribution >= 0.6 is 0 Å². The number of aryl methyl sites for hydroxylation is 1. The van der Waals surface area contributed by atoms with Crippen molar-refractivity contribution in [1.82, 2.24) is 0 Å². The number of benzene rings is 1. The number of methoxy groups -OCH3 is 1. The van der Waals surface area contributed by atoms with E-state index in [1.807, 2.05) is 24.3 Å². The smallest absolute Gasteiger partial charge is 0.303 e. The Hall–Kier alpha value is -1.88. The van der Waals surface area contributed by atoms with E-state index in [1.54, 1.807) is 7.11 Å². The first-order chi connectivity index (χ1) is 10.1. The lowest BCUT2D eigenvalue weighted by molar-refractivity contribution is -0.137. The zero-order valence-electron chi connectivity index (χ0n) is 12.2. The van der Waals surface area contributed by atoms with E-state index in [0.29, 0.717) is 13.0 Å². The molecule has 1 aromatic carbocycles. The van der Waals surface area contributed by atoms with Crippen molar-refractivity contribution in [1.29, 1.82) is 0 Å². The molecule has 1 amide bonds. The van der Waals surface area contributed by atoms with E-state index in [0.717, 1.165) is 30.5 Å². The van der Waals surface area contributed by atoms with Gasteiger partial charge in [0, 0.05) is 25.8 Å². The molecule has 2 N–H and O–H groups in total. The van der Waals surface area contributed by atoms with Crippen molar-refractivity contribution in [3.05, 3.63) is 29.8 Å². The molecule has 0 saturated heterocycles. The summed E-state index contributed by atoms with van der Waals surface area (Å²) in [5, 5.41) is 11.6. The molecular formula is C16H21NO4. The third-order valence-electron chi connectivity index (χ3n) is 3.96. The molecule has 114 valence electrons. The number of nitrogens with one attached hydrogen (secondary N) is 1. The quantitative estimate of drug-likeness (QED) is 0.771. The van der Waals surface area contributed by atoms with Crippen LogP contribution in [0.5, 0.6) is 0 Å². The molecule has 21 heavy (non-hydrogen) atoms. The largest absolute Gasteiger partial charge is 0.481 e. The molecule has 0 atom stereocenters. The fourth-order valence-corrected chi connectivity index (χ4v) is 2.31. The second kappa shape index (κ2) is 6.72. The van der Waals surface area contributed by atoms with E-state index in [9.17, 15) is 9.59 Å². The number of hydrogen-bond donors (Lipinski definition) is 2. The van der Waals surface area contributed by atoms with Gasteiger partial charge < -0.3 is 15.2 Å². The summed E-state index contributed by atoms with van der Waals surface area (Å²) in [6, 6.07) is 7.35. The second-order valence-corrected chi connectivity index (χ2v) is 5.57. The topological polar surface area (TPSA) is 75.6 Å². The summed E-state index contributed by atoms with van der Waals surface area (Å²) < 4.78 is 5.05. The maximum Gasteiger partial charge on any atom is 0.303 e. The molecular weight excluding hydrogens is 270 g/mol. The van der Waals surface area contributed by atoms with Gasteiger partial charge in [0.1, 0.15) is 0 Å². The minimum absolute atomic E-state index is 0.0536. The molecule has 1 saturated carbocycles. The molecule has 0 radical (unpaired) electrons. The normalized spacial score (nSPS) is 15.5. The van der Waals surface area contributed by atoms with Crippen LogP contribution in [0, 0.1) is 5.41 Å². The van der Waals surface area contributed by atoms with Crippen molar-refractivity contribution in [3.8, 4) is 0 Å². The van der Waals surface area contributed by atoms with Crippen LogP contribution in [0.15, 0.2) is 24.3 Å². The number of carboxylic acids is 1. The Bertz CT molecular complexity index is 506. The summed E-state index contributed by atoms with van der Waals surface area (Å²) >= 11 is 0. The summed E-state index contributed by atoms with van der Waals surface area (Å²) in [6.45, 7) is 0.599. The maximum atomic E-state index is 12.3. The standard InChI is InChI=1S/C16H21NO4/c1-21-11-10-16(8-9-16)15(20)17-13-5-2-12(3-6-13)4-7-14(18)19/h2-3,5-6H,4,7-11H2,1H3,(H,17,20)(H,18,19). The van der Waals surface area contributed by atoms with Crippen LogP contribution < -0.4 is 5.32 Å². The number of hydrogen-bond acceptors (Lipinski definition) is 3. The Morgan fingerprint density at radius 2 is 1.95 bits per heavy atom. The second-order valence-electron chi connectivity index (χ2n) is 5.57. The van der Waals surface area contributed by atoms with Crippen molar-refractivity contribution in [2.24, 2.45) is 5.41 Å². The third kappa shape index (κ3) is 4.29. The van der Waals surface area contributed by atoms with Gasteiger partial charge in [0.2, 0.25) is 5.91 Å². The van der Waals surface area contributed by atoms with Gasteiger partial charge in [-0.1, -0.05) is 12.1 Å². The highest BCUT2D eigenvalue weighted by atomic mass is 16.5. The maximum absolute atomic E-state index is 12.3. The fourth-order valence-electron chi connectivity index (χ4n) is 2.31. The monoisotopic (exact) mass is 291 g/mol. The van der Waals surface area contributed by atoms with Gasteiger partial charge in [-0.05, 0) is 43.4 Å². The first kappa shape index (κ1) is 15.5. The average Bonchev–Trinajstić information content (AvgIpc) is 3.25. The number of carboxylic acid groups (broad SMARTS) is 1. The Labute approximate surface area is 124 Å². The molecule has 1 fully saturated rings. The SMILES string of the molecule is COCCC1(C(=O)Nc2ccc(CCC(=O)O)cc2)CC1. The molecule has 2 rings (SSSR count). The summed E-state index contributed by atoms with van der Waals surface area (Å²) in [7, 11) is 1.64. The lowest BCUT2D eigenvalue weighted by Gasteiger charge is -2.15. The predicted octanol–water partition coefficient (Wildman–Crippen LogP) is 2.46. The van der Waals surface area contributed by atoms with E-state index in [4.69, 9.17) is 9.84 Å². The fraction of sp³-hybridized carbons (Fsp3) is 0.500. The van der Waals surface area contributed by atoms with Crippen LogP contribution in [0.4, 0.5) is 5.69 Å². The lowest BCUT2D eigenvalue weighted by atomic mass is 10.0. The van der Waals surface area contributed by atoms with E-state index < -0.39 is 5.97 Å². The highest BCUT2D eigenvalue weighted by Crippen LogP contribution is 2.49. The number of aliphatic carboxylic acids is 1. The number of amides is 1. The van der Waals surface area contributed by atoms with Crippen molar-refractivity contribution >= 4 is 17.6 Å². The first-order valence-corrected chi connectivity index (χ1v) is 7.17. The summed E-state index contributed by atoms with van der Waals surface area (Å²) in [6.07, 6.45) is 3.21. The molecule has 0 heterocycles. The molecule has 1 aliphatic carbocycles. The summed E-state index contributed by atoms with van der Waals surface area (Å²) in [5.41, 5.74) is 1.46. The Balaban J connectivity index is 1.88. The van der Waals surface area contributed by atoms with Gasteiger partial charge in [-0.2, -0.15) is 0 Å². The van der Waals surface area contributed by atoms with E-state index >= 15 is 0 Å². The van der Waals surface area contributed by atoms with E-state index in [2.05, 4.69) is 5.32 Å². The molecule has 0 aliphatic heterocycles. The van der Waals surface area contributed by atoms with Crippen LogP contribution in [0.2, 0.25) is 0 Å². The number of ether oxygens (including phenoxy) is 1. The predicted molar refractivity (Wildman–Crippen MR) is 79.2 cm³/mol. The van der Waals surface area contributed by atoms with Crippen LogP contribution in [0.3, 0.4) is 0 Å². The minimum atomic E-state index is -0.804. The highest BCUT2D eigenvalue weighted by molar-refractivity contribution is 5.97. The van der Waals surface area contributed by atoms with Gasteiger partial charge in [-0.3, -0.25) is 9.59 Å². The Kier molecular flexibility index (Phi) is 4.96. The number of rotatable bonds is 8. The van der Waals surface area contributed by atoms with Gasteiger partial charge >= 0.3 is 5.97 Å². The van der Waals surface area contributed by atoms with Crippen molar-refractivity contribution in [2.75, 3.05) is 19.0 Å². The molecule has 5 heteroatoms. The van der Waals surface area contributed by atoms with Gasteiger partial charge in [0.15, 0.2) is 0 Å². The number of carbonyl (C=O) groups is 2. The van der Waals surface area contributed by atoms with Crippen LogP contribution in [0.1, 0.15) is 31.2 Å². The molecule has 0 aromatic heterocycles. The van der Waals surface area contributed by atoms with Crippen LogP contribution in [-0.4, -0.2) is 30.7 Å². The number of anilines is 1. The zero-order valence-corrected chi connectivity index (χ0v) is 12.2. The van der Waals surface area contributed by atoms with Gasteiger partial charge in [-0.15, -0.1) is 0 Å². The molecule has 1 aliphatic rings. The minimum Gasteiger partial charge on any atom is -0.481 e. The summed E-state index contributed by atoms with van der Waals surface area (Å²) in [5.74, 6) is -0.751. The number of carbonyl (C=O) groups excluding carboxylic acids is 1.